The van der Waals surface area contributed by atoms with Crippen molar-refractivity contribution in [2.45, 2.75) is 46.2 Å². The van der Waals surface area contributed by atoms with Crippen LogP contribution in [0.1, 0.15) is 30.2 Å². The summed E-state index contributed by atoms with van der Waals surface area (Å²) in [6.07, 6.45) is 2.29. The summed E-state index contributed by atoms with van der Waals surface area (Å²) in [5.74, 6) is 3.57. The predicted molar refractivity (Wildman–Crippen MR) is 91.0 cm³/mol. The smallest absolute Gasteiger partial charge is 0.227 e. The maximum Gasteiger partial charge on any atom is 0.227 e. The van der Waals surface area contributed by atoms with Gasteiger partial charge in [0.15, 0.2) is 0 Å². The second kappa shape index (κ2) is 6.14. The lowest BCUT2D eigenvalue weighted by Crippen LogP contribution is -2.35. The molecule has 0 aliphatic carbocycles. The molecule has 0 unspecified atom stereocenters. The van der Waals surface area contributed by atoms with Gasteiger partial charge in [0.05, 0.1) is 12.6 Å². The van der Waals surface area contributed by atoms with Gasteiger partial charge in [-0.05, 0) is 33.6 Å². The Balaban J connectivity index is 1.85. The lowest BCUT2D eigenvalue weighted by molar-refractivity contribution is 0.493. The van der Waals surface area contributed by atoms with Crippen LogP contribution in [0.2, 0.25) is 0 Å². The van der Waals surface area contributed by atoms with Crippen molar-refractivity contribution in [3.8, 4) is 0 Å². The first-order valence-corrected chi connectivity index (χ1v) is 8.11. The Morgan fingerprint density at radius 2 is 1.96 bits per heavy atom. The third-order valence-corrected chi connectivity index (χ3v) is 4.27. The lowest BCUT2D eigenvalue weighted by Gasteiger charge is -2.26. The van der Waals surface area contributed by atoms with Gasteiger partial charge in [0.25, 0.3) is 0 Å². The molecule has 0 saturated carbocycles. The first kappa shape index (κ1) is 15.7. The average Bonchev–Trinajstić information content (AvgIpc) is 3.05. The van der Waals surface area contributed by atoms with E-state index in [1.807, 2.05) is 50.5 Å². The molecule has 23 heavy (non-hydrogen) atoms. The molecule has 0 aromatic carbocycles. The Kier molecular flexibility index (Phi) is 4.19. The van der Waals surface area contributed by atoms with Crippen molar-refractivity contribution in [1.29, 1.82) is 0 Å². The fourth-order valence-electron chi connectivity index (χ4n) is 3.12. The summed E-state index contributed by atoms with van der Waals surface area (Å²) >= 11 is 0. The second-order valence-corrected chi connectivity index (χ2v) is 6.44. The van der Waals surface area contributed by atoms with Crippen molar-refractivity contribution in [2.75, 3.05) is 30.4 Å². The molecule has 1 fully saturated rings. The topological polar surface area (TPSA) is 63.0 Å². The average molecular weight is 315 g/mol. The van der Waals surface area contributed by atoms with E-state index < -0.39 is 0 Å². The van der Waals surface area contributed by atoms with Gasteiger partial charge in [-0.2, -0.15) is 10.1 Å². The fraction of sp³-hybridized carbons (Fsp3) is 0.625. The Labute approximate surface area is 137 Å². The van der Waals surface area contributed by atoms with Gasteiger partial charge in [-0.1, -0.05) is 0 Å². The van der Waals surface area contributed by atoms with E-state index in [0.29, 0.717) is 6.04 Å². The Bertz CT molecular complexity index is 692. The second-order valence-electron chi connectivity index (χ2n) is 6.44. The number of rotatable bonds is 4. The van der Waals surface area contributed by atoms with Crippen LogP contribution < -0.4 is 9.80 Å². The van der Waals surface area contributed by atoms with E-state index in [4.69, 9.17) is 4.98 Å². The Morgan fingerprint density at radius 1 is 1.17 bits per heavy atom. The molecule has 0 bridgehead atoms. The highest BCUT2D eigenvalue weighted by molar-refractivity contribution is 5.45. The molecule has 124 valence electrons. The maximum atomic E-state index is 4.73. The molecule has 1 aliphatic heterocycles. The molecule has 3 rings (SSSR count). The molecule has 3 heterocycles. The normalized spacial score (nSPS) is 17.8. The van der Waals surface area contributed by atoms with Gasteiger partial charge < -0.3 is 9.80 Å². The zero-order valence-electron chi connectivity index (χ0n) is 14.6. The molecule has 2 aromatic heterocycles. The molecule has 0 N–H and O–H groups in total. The molecule has 0 amide bonds. The molecule has 7 nitrogen and oxygen atoms in total. The minimum atomic E-state index is 0.367. The van der Waals surface area contributed by atoms with Crippen LogP contribution in [0.4, 0.5) is 11.8 Å². The van der Waals surface area contributed by atoms with E-state index in [1.54, 1.807) is 0 Å². The molecular weight excluding hydrogens is 290 g/mol. The number of aromatic nitrogens is 5. The van der Waals surface area contributed by atoms with Gasteiger partial charge in [-0.3, -0.25) is 0 Å². The summed E-state index contributed by atoms with van der Waals surface area (Å²) in [4.78, 5) is 18.1. The van der Waals surface area contributed by atoms with E-state index in [0.717, 1.165) is 55.0 Å². The summed E-state index contributed by atoms with van der Waals surface area (Å²) in [6, 6.07) is 2.38. The van der Waals surface area contributed by atoms with Crippen LogP contribution in [0.15, 0.2) is 6.07 Å². The third-order valence-electron chi connectivity index (χ3n) is 4.27. The molecule has 7 heteroatoms. The SMILES string of the molecule is Cc1cc(N(C)C)nc(N2CCC[C@H]2Cn2nc(C)nc2C)n1. The summed E-state index contributed by atoms with van der Waals surface area (Å²) in [7, 11) is 4.02. The summed E-state index contributed by atoms with van der Waals surface area (Å²) in [6.45, 7) is 7.79. The quantitative estimate of drug-likeness (QED) is 0.856. The van der Waals surface area contributed by atoms with E-state index in [9.17, 15) is 0 Å². The van der Waals surface area contributed by atoms with Crippen molar-refractivity contribution in [2.24, 2.45) is 0 Å². The van der Waals surface area contributed by atoms with Gasteiger partial charge in [-0.15, -0.1) is 0 Å². The van der Waals surface area contributed by atoms with Crippen LogP contribution >= 0.6 is 0 Å². The third kappa shape index (κ3) is 3.28. The highest BCUT2D eigenvalue weighted by atomic mass is 15.4. The van der Waals surface area contributed by atoms with E-state index in [-0.39, 0.29) is 0 Å². The highest BCUT2D eigenvalue weighted by Crippen LogP contribution is 2.25. The van der Waals surface area contributed by atoms with Gasteiger partial charge in [0, 0.05) is 32.4 Å². The first-order valence-electron chi connectivity index (χ1n) is 8.11. The summed E-state index contributed by atoms with van der Waals surface area (Å²) < 4.78 is 2.00. The van der Waals surface area contributed by atoms with Gasteiger partial charge in [-0.25, -0.2) is 14.6 Å². The number of hydrogen-bond acceptors (Lipinski definition) is 6. The molecule has 0 radical (unpaired) electrons. The number of hydrogen-bond donors (Lipinski definition) is 0. The van der Waals surface area contributed by atoms with E-state index in [2.05, 4.69) is 20.0 Å². The van der Waals surface area contributed by atoms with Crippen LogP contribution in [0.5, 0.6) is 0 Å². The molecule has 2 aromatic rings. The summed E-state index contributed by atoms with van der Waals surface area (Å²) in [5, 5.41) is 4.50. The zero-order chi connectivity index (χ0) is 16.6. The van der Waals surface area contributed by atoms with Crippen LogP contribution in [-0.2, 0) is 6.54 Å². The standard InChI is InChI=1S/C16H25N7/c1-11-9-15(21(4)5)19-16(17-11)22-8-6-7-14(22)10-23-13(3)18-12(2)20-23/h9,14H,6-8,10H2,1-5H3/t14-/m0/s1. The molecule has 1 atom stereocenters. The number of anilines is 2. The monoisotopic (exact) mass is 315 g/mol. The minimum absolute atomic E-state index is 0.367. The highest BCUT2D eigenvalue weighted by Gasteiger charge is 2.28. The summed E-state index contributed by atoms with van der Waals surface area (Å²) in [5.41, 5.74) is 0.997. The van der Waals surface area contributed by atoms with Crippen molar-refractivity contribution >= 4 is 11.8 Å². The van der Waals surface area contributed by atoms with Crippen molar-refractivity contribution < 1.29 is 0 Å². The van der Waals surface area contributed by atoms with Crippen LogP contribution in [0, 0.1) is 20.8 Å². The number of aryl methyl sites for hydroxylation is 3. The zero-order valence-corrected chi connectivity index (χ0v) is 14.6. The molecule has 0 spiro atoms. The van der Waals surface area contributed by atoms with Gasteiger partial charge in [0.2, 0.25) is 5.95 Å². The first-order chi connectivity index (χ1) is 10.9. The molecule has 1 saturated heterocycles. The van der Waals surface area contributed by atoms with Crippen LogP contribution in [0.3, 0.4) is 0 Å². The van der Waals surface area contributed by atoms with Crippen LogP contribution in [0.25, 0.3) is 0 Å². The predicted octanol–water partition coefficient (Wildman–Crippen LogP) is 1.73. The van der Waals surface area contributed by atoms with Gasteiger partial charge in [0.1, 0.15) is 17.5 Å². The van der Waals surface area contributed by atoms with E-state index >= 15 is 0 Å². The van der Waals surface area contributed by atoms with Crippen molar-refractivity contribution in [3.05, 3.63) is 23.4 Å². The molecular formula is C16H25N7. The Morgan fingerprint density at radius 3 is 2.61 bits per heavy atom. The lowest BCUT2D eigenvalue weighted by atomic mass is 10.2. The number of nitrogens with zero attached hydrogens (tertiary/aromatic N) is 7. The maximum absolute atomic E-state index is 4.73. The van der Waals surface area contributed by atoms with E-state index in [1.165, 1.54) is 0 Å². The van der Waals surface area contributed by atoms with Crippen molar-refractivity contribution in [3.63, 3.8) is 0 Å². The van der Waals surface area contributed by atoms with Crippen molar-refractivity contribution in [1.82, 2.24) is 24.7 Å². The Hall–Kier alpha value is -2.18. The molecule has 1 aliphatic rings. The van der Waals surface area contributed by atoms with Crippen LogP contribution in [-0.4, -0.2) is 51.4 Å². The van der Waals surface area contributed by atoms with Gasteiger partial charge >= 0.3 is 0 Å². The minimum Gasteiger partial charge on any atom is -0.363 e. The largest absolute Gasteiger partial charge is 0.363 e. The fourth-order valence-corrected chi connectivity index (χ4v) is 3.12.